The summed E-state index contributed by atoms with van der Waals surface area (Å²) in [4.78, 5) is 12.1. The largest absolute Gasteiger partial charge is 0.386 e. The zero-order valence-electron chi connectivity index (χ0n) is 12.3. The molecule has 0 spiro atoms. The molecule has 1 aliphatic carbocycles. The van der Waals surface area contributed by atoms with Crippen LogP contribution in [-0.2, 0) is 6.54 Å². The summed E-state index contributed by atoms with van der Waals surface area (Å²) in [6, 6.07) is 9.50. The average molecular weight is 288 g/mol. The average Bonchev–Trinajstić information content (AvgIpc) is 2.73. The van der Waals surface area contributed by atoms with Gasteiger partial charge >= 0.3 is 6.03 Å². The summed E-state index contributed by atoms with van der Waals surface area (Å²) >= 11 is 0. The zero-order valence-corrected chi connectivity index (χ0v) is 12.3. The highest BCUT2D eigenvalue weighted by atomic mass is 16.2. The molecule has 0 saturated heterocycles. The second-order valence-corrected chi connectivity index (χ2v) is 5.70. The highest BCUT2D eigenvalue weighted by Crippen LogP contribution is 2.27. The predicted molar refractivity (Wildman–Crippen MR) is 84.2 cm³/mol. The van der Waals surface area contributed by atoms with Crippen LogP contribution in [0.15, 0.2) is 30.3 Å². The fourth-order valence-electron chi connectivity index (χ4n) is 2.83. The van der Waals surface area contributed by atoms with E-state index >= 15 is 0 Å². The van der Waals surface area contributed by atoms with Crippen molar-refractivity contribution in [2.24, 2.45) is 5.73 Å². The Balaban J connectivity index is 1.93. The molecule has 0 radical (unpaired) electrons. The first-order chi connectivity index (χ1) is 10.1. The van der Waals surface area contributed by atoms with Crippen LogP contribution in [0.3, 0.4) is 0 Å². The number of benzene rings is 1. The van der Waals surface area contributed by atoms with Crippen molar-refractivity contribution in [1.82, 2.24) is 10.6 Å². The minimum absolute atomic E-state index is 0.0688. The van der Waals surface area contributed by atoms with Crippen LogP contribution in [0.25, 0.3) is 0 Å². The van der Waals surface area contributed by atoms with Gasteiger partial charge in [-0.05, 0) is 18.4 Å². The third kappa shape index (κ3) is 4.21. The molecular weight excluding hydrogens is 264 g/mol. The molecule has 2 amide bonds. The molecule has 0 heterocycles. The first-order valence-electron chi connectivity index (χ1n) is 7.57. The maximum atomic E-state index is 12.1. The molecule has 0 unspecified atom stereocenters. The number of rotatable bonds is 4. The standard InChI is InChI=1S/C16H24N4O/c17-14(18)16(10-6-1-2-7-11-16)20-15(21)19-12-13-8-4-3-5-9-13/h3-5,8-9H,1-2,6-7,10-12H2,(H3,17,18)(H2,19,20,21). The third-order valence-electron chi connectivity index (χ3n) is 4.12. The summed E-state index contributed by atoms with van der Waals surface area (Å²) in [6.45, 7) is 0.473. The van der Waals surface area contributed by atoms with E-state index in [4.69, 9.17) is 11.1 Å². The zero-order chi connectivity index (χ0) is 15.1. The summed E-state index contributed by atoms with van der Waals surface area (Å²) in [5.41, 5.74) is 6.15. The molecule has 21 heavy (non-hydrogen) atoms. The second-order valence-electron chi connectivity index (χ2n) is 5.70. The normalized spacial score (nSPS) is 17.5. The Hall–Kier alpha value is -2.04. The molecule has 5 N–H and O–H groups in total. The van der Waals surface area contributed by atoms with Gasteiger partial charge in [-0.2, -0.15) is 0 Å². The van der Waals surface area contributed by atoms with Gasteiger partial charge in [0.25, 0.3) is 0 Å². The Kier molecular flexibility index (Phi) is 5.20. The van der Waals surface area contributed by atoms with Gasteiger partial charge in [-0.3, -0.25) is 5.41 Å². The summed E-state index contributed by atoms with van der Waals surface area (Å²) in [5, 5.41) is 13.6. The Morgan fingerprint density at radius 1 is 1.14 bits per heavy atom. The summed E-state index contributed by atoms with van der Waals surface area (Å²) in [6.07, 6.45) is 5.78. The molecule has 2 rings (SSSR count). The molecule has 5 nitrogen and oxygen atoms in total. The molecule has 5 heteroatoms. The van der Waals surface area contributed by atoms with Gasteiger partial charge in [-0.1, -0.05) is 56.0 Å². The van der Waals surface area contributed by atoms with E-state index in [1.807, 2.05) is 30.3 Å². The molecule has 1 aromatic rings. The van der Waals surface area contributed by atoms with Gasteiger partial charge in [0, 0.05) is 6.54 Å². The Bertz CT molecular complexity index is 478. The van der Waals surface area contributed by atoms with Crippen LogP contribution in [-0.4, -0.2) is 17.4 Å². The molecule has 0 aliphatic heterocycles. The fourth-order valence-corrected chi connectivity index (χ4v) is 2.83. The van der Waals surface area contributed by atoms with Crippen molar-refractivity contribution in [1.29, 1.82) is 5.41 Å². The predicted octanol–water partition coefficient (Wildman–Crippen LogP) is 2.51. The van der Waals surface area contributed by atoms with E-state index in [0.717, 1.165) is 44.1 Å². The van der Waals surface area contributed by atoms with E-state index in [1.165, 1.54) is 0 Å². The first kappa shape index (κ1) is 15.4. The van der Waals surface area contributed by atoms with Crippen LogP contribution in [0.5, 0.6) is 0 Å². The van der Waals surface area contributed by atoms with Crippen LogP contribution < -0.4 is 16.4 Å². The SMILES string of the molecule is N=C(N)C1(NC(=O)NCc2ccccc2)CCCCCC1. The van der Waals surface area contributed by atoms with E-state index < -0.39 is 5.54 Å². The highest BCUT2D eigenvalue weighted by molar-refractivity contribution is 5.91. The third-order valence-corrected chi connectivity index (χ3v) is 4.12. The van der Waals surface area contributed by atoms with E-state index in [2.05, 4.69) is 10.6 Å². The first-order valence-corrected chi connectivity index (χ1v) is 7.57. The lowest BCUT2D eigenvalue weighted by molar-refractivity contribution is 0.229. The number of carbonyl (C=O) groups excluding carboxylic acids is 1. The summed E-state index contributed by atoms with van der Waals surface area (Å²) in [7, 11) is 0. The molecular formula is C16H24N4O. The van der Waals surface area contributed by atoms with Crippen LogP contribution >= 0.6 is 0 Å². The minimum Gasteiger partial charge on any atom is -0.386 e. The van der Waals surface area contributed by atoms with Gasteiger partial charge in [-0.15, -0.1) is 0 Å². The van der Waals surface area contributed by atoms with Crippen molar-refractivity contribution in [3.05, 3.63) is 35.9 Å². The molecule has 114 valence electrons. The van der Waals surface area contributed by atoms with E-state index in [0.29, 0.717) is 6.54 Å². The van der Waals surface area contributed by atoms with Crippen LogP contribution in [0, 0.1) is 5.41 Å². The van der Waals surface area contributed by atoms with Gasteiger partial charge in [-0.25, -0.2) is 4.79 Å². The number of nitrogens with two attached hydrogens (primary N) is 1. The Morgan fingerprint density at radius 3 is 2.33 bits per heavy atom. The summed E-state index contributed by atoms with van der Waals surface area (Å²) in [5.74, 6) is 0.0688. The molecule has 1 fully saturated rings. The van der Waals surface area contributed by atoms with Gasteiger partial charge < -0.3 is 16.4 Å². The number of hydrogen-bond acceptors (Lipinski definition) is 2. The smallest absolute Gasteiger partial charge is 0.315 e. The molecule has 0 aromatic heterocycles. The minimum atomic E-state index is -0.669. The molecule has 1 saturated carbocycles. The van der Waals surface area contributed by atoms with Crippen molar-refractivity contribution < 1.29 is 4.79 Å². The summed E-state index contributed by atoms with van der Waals surface area (Å²) < 4.78 is 0. The number of carbonyl (C=O) groups is 1. The number of amides is 2. The second kappa shape index (κ2) is 7.11. The van der Waals surface area contributed by atoms with Crippen molar-refractivity contribution in [2.45, 2.75) is 50.6 Å². The highest BCUT2D eigenvalue weighted by Gasteiger charge is 2.35. The topological polar surface area (TPSA) is 91.0 Å². The van der Waals surface area contributed by atoms with E-state index in [1.54, 1.807) is 0 Å². The lowest BCUT2D eigenvalue weighted by Gasteiger charge is -2.32. The van der Waals surface area contributed by atoms with Gasteiger partial charge in [0.2, 0.25) is 0 Å². The molecule has 1 aliphatic rings. The fraction of sp³-hybridized carbons (Fsp3) is 0.500. The van der Waals surface area contributed by atoms with Gasteiger partial charge in [0.05, 0.1) is 5.54 Å². The Morgan fingerprint density at radius 2 is 1.76 bits per heavy atom. The Labute approximate surface area is 125 Å². The maximum absolute atomic E-state index is 12.1. The molecule has 1 aromatic carbocycles. The van der Waals surface area contributed by atoms with Crippen molar-refractivity contribution in [3.63, 3.8) is 0 Å². The molecule has 0 atom stereocenters. The van der Waals surface area contributed by atoms with E-state index in [-0.39, 0.29) is 11.9 Å². The number of urea groups is 1. The number of amidine groups is 1. The van der Waals surface area contributed by atoms with Crippen molar-refractivity contribution in [2.75, 3.05) is 0 Å². The van der Waals surface area contributed by atoms with Crippen LogP contribution in [0.2, 0.25) is 0 Å². The molecule has 0 bridgehead atoms. The van der Waals surface area contributed by atoms with Crippen LogP contribution in [0.1, 0.15) is 44.1 Å². The lowest BCUT2D eigenvalue weighted by Crippen LogP contribution is -2.59. The van der Waals surface area contributed by atoms with Crippen molar-refractivity contribution in [3.8, 4) is 0 Å². The van der Waals surface area contributed by atoms with E-state index in [9.17, 15) is 4.79 Å². The lowest BCUT2D eigenvalue weighted by atomic mass is 9.89. The maximum Gasteiger partial charge on any atom is 0.315 e. The van der Waals surface area contributed by atoms with Crippen molar-refractivity contribution >= 4 is 11.9 Å². The van der Waals surface area contributed by atoms with Gasteiger partial charge in [0.1, 0.15) is 5.84 Å². The number of nitrogens with one attached hydrogen (secondary N) is 3. The monoisotopic (exact) mass is 288 g/mol. The van der Waals surface area contributed by atoms with Crippen LogP contribution in [0.4, 0.5) is 4.79 Å². The number of hydrogen-bond donors (Lipinski definition) is 4. The van der Waals surface area contributed by atoms with Gasteiger partial charge in [0.15, 0.2) is 0 Å². The quantitative estimate of drug-likeness (QED) is 0.389.